The van der Waals surface area contributed by atoms with Crippen LogP contribution >= 0.6 is 15.9 Å². The molecule has 1 amide bonds. The molecule has 0 heterocycles. The molecule has 31 heavy (non-hydrogen) atoms. The molecule has 172 valence electrons. The zero-order valence-electron chi connectivity index (χ0n) is 19.5. The van der Waals surface area contributed by atoms with Crippen LogP contribution in [0, 0.1) is 29.1 Å². The van der Waals surface area contributed by atoms with Crippen molar-refractivity contribution in [3.63, 3.8) is 0 Å². The molecule has 1 atom stereocenters. The number of carbonyl (C=O) groups excluding carboxylic acids is 1. The first-order valence-electron chi connectivity index (χ1n) is 12.2. The molecule has 0 spiro atoms. The first kappa shape index (κ1) is 22.9. The molecule has 5 rings (SSSR count). The summed E-state index contributed by atoms with van der Waals surface area (Å²) in [6.45, 7) is 9.70. The van der Waals surface area contributed by atoms with Gasteiger partial charge in [-0.3, -0.25) is 4.79 Å². The summed E-state index contributed by atoms with van der Waals surface area (Å²) in [5, 5.41) is 3.37. The minimum absolute atomic E-state index is 0.0152. The summed E-state index contributed by atoms with van der Waals surface area (Å²) in [5.74, 6) is 4.52. The Morgan fingerprint density at radius 2 is 1.71 bits per heavy atom. The van der Waals surface area contributed by atoms with Crippen molar-refractivity contribution in [1.29, 1.82) is 0 Å². The molecule has 4 saturated carbocycles. The van der Waals surface area contributed by atoms with Crippen molar-refractivity contribution < 1.29 is 14.3 Å². The third-order valence-corrected chi connectivity index (χ3v) is 8.45. The number of benzene rings is 1. The molecule has 1 N–H and O–H groups in total. The number of ether oxygens (including phenoxy) is 2. The molecule has 1 aromatic rings. The molecule has 1 unspecified atom stereocenters. The van der Waals surface area contributed by atoms with Gasteiger partial charge in [0, 0.05) is 11.6 Å². The largest absolute Gasteiger partial charge is 0.490 e. The fourth-order valence-corrected chi connectivity index (χ4v) is 7.20. The van der Waals surface area contributed by atoms with Crippen molar-refractivity contribution in [2.45, 2.75) is 78.7 Å². The molecule has 0 aliphatic heterocycles. The van der Waals surface area contributed by atoms with Crippen LogP contribution in [-0.2, 0) is 0 Å². The Balaban J connectivity index is 1.47. The van der Waals surface area contributed by atoms with E-state index in [4.69, 9.17) is 9.47 Å². The summed E-state index contributed by atoms with van der Waals surface area (Å²) in [6.07, 6.45) is 9.10. The number of halogens is 1. The minimum atomic E-state index is -0.0152. The smallest absolute Gasteiger partial charge is 0.251 e. The minimum Gasteiger partial charge on any atom is -0.490 e. The number of rotatable bonds is 9. The number of hydrogen-bond acceptors (Lipinski definition) is 3. The van der Waals surface area contributed by atoms with E-state index in [0.29, 0.717) is 41.6 Å². The van der Waals surface area contributed by atoms with Crippen LogP contribution in [0.3, 0.4) is 0 Å². The number of hydrogen-bond donors (Lipinski definition) is 1. The van der Waals surface area contributed by atoms with Gasteiger partial charge in [-0.05, 0) is 116 Å². The zero-order chi connectivity index (χ0) is 22.2. The van der Waals surface area contributed by atoms with Gasteiger partial charge >= 0.3 is 0 Å². The van der Waals surface area contributed by atoms with Crippen molar-refractivity contribution >= 4 is 21.8 Å². The van der Waals surface area contributed by atoms with E-state index in [1.807, 2.05) is 19.1 Å². The van der Waals surface area contributed by atoms with E-state index in [0.717, 1.165) is 28.6 Å². The second kappa shape index (κ2) is 9.33. The van der Waals surface area contributed by atoms with Crippen LogP contribution in [0.2, 0.25) is 0 Å². The zero-order valence-corrected chi connectivity index (χ0v) is 21.1. The van der Waals surface area contributed by atoms with Crippen molar-refractivity contribution in [1.82, 2.24) is 5.32 Å². The van der Waals surface area contributed by atoms with E-state index < -0.39 is 0 Å². The summed E-state index contributed by atoms with van der Waals surface area (Å²) in [4.78, 5) is 13.2. The van der Waals surface area contributed by atoms with Crippen LogP contribution in [0.25, 0.3) is 0 Å². The van der Waals surface area contributed by atoms with Crippen LogP contribution in [0.5, 0.6) is 11.5 Å². The Kier molecular flexibility index (Phi) is 6.90. The van der Waals surface area contributed by atoms with Gasteiger partial charge in [0.15, 0.2) is 11.5 Å². The van der Waals surface area contributed by atoms with Gasteiger partial charge in [0.2, 0.25) is 0 Å². The Labute approximate surface area is 196 Å². The third-order valence-electron chi connectivity index (χ3n) is 7.86. The normalized spacial score (nSPS) is 29.8. The molecule has 0 saturated heterocycles. The summed E-state index contributed by atoms with van der Waals surface area (Å²) < 4.78 is 12.6. The molecule has 0 radical (unpaired) electrons. The van der Waals surface area contributed by atoms with Crippen molar-refractivity contribution in [3.05, 3.63) is 22.2 Å². The second-order valence-corrected chi connectivity index (χ2v) is 11.6. The van der Waals surface area contributed by atoms with E-state index in [1.54, 1.807) is 0 Å². The van der Waals surface area contributed by atoms with Crippen LogP contribution in [0.1, 0.15) is 83.0 Å². The highest BCUT2D eigenvalue weighted by atomic mass is 79.9. The lowest BCUT2D eigenvalue weighted by Gasteiger charge is -2.59. The van der Waals surface area contributed by atoms with Crippen LogP contribution in [-0.4, -0.2) is 25.2 Å². The maximum atomic E-state index is 13.2. The third kappa shape index (κ3) is 4.91. The van der Waals surface area contributed by atoms with Gasteiger partial charge in [-0.1, -0.05) is 13.8 Å². The van der Waals surface area contributed by atoms with Crippen LogP contribution in [0.4, 0.5) is 0 Å². The first-order valence-corrected chi connectivity index (χ1v) is 13.0. The molecule has 1 aromatic carbocycles. The van der Waals surface area contributed by atoms with Crippen molar-refractivity contribution in [3.8, 4) is 11.5 Å². The van der Waals surface area contributed by atoms with Gasteiger partial charge in [-0.15, -0.1) is 0 Å². The summed E-state index contributed by atoms with van der Waals surface area (Å²) in [5.41, 5.74) is 0.924. The average molecular weight is 492 g/mol. The first-order chi connectivity index (χ1) is 14.8. The monoisotopic (exact) mass is 491 g/mol. The number of amides is 1. The van der Waals surface area contributed by atoms with Crippen molar-refractivity contribution in [2.24, 2.45) is 29.1 Å². The molecular formula is C26H38BrNO3. The lowest BCUT2D eigenvalue weighted by atomic mass is 9.48. The van der Waals surface area contributed by atoms with E-state index in [2.05, 4.69) is 42.0 Å². The van der Waals surface area contributed by atoms with E-state index in [9.17, 15) is 4.79 Å². The fourth-order valence-electron chi connectivity index (χ4n) is 6.64. The van der Waals surface area contributed by atoms with E-state index in [1.165, 1.54) is 38.5 Å². The Morgan fingerprint density at radius 3 is 2.26 bits per heavy atom. The Hall–Kier alpha value is -1.23. The molecule has 4 bridgehead atoms. The molecule has 4 nitrogen and oxygen atoms in total. The van der Waals surface area contributed by atoms with E-state index in [-0.39, 0.29) is 11.9 Å². The summed E-state index contributed by atoms with van der Waals surface area (Å²) in [6, 6.07) is 3.90. The van der Waals surface area contributed by atoms with Crippen LogP contribution < -0.4 is 14.8 Å². The Bertz CT molecular complexity index is 771. The quantitative estimate of drug-likeness (QED) is 0.422. The van der Waals surface area contributed by atoms with Gasteiger partial charge in [-0.2, -0.15) is 0 Å². The molecule has 4 aliphatic rings. The van der Waals surface area contributed by atoms with Crippen LogP contribution in [0.15, 0.2) is 16.6 Å². The van der Waals surface area contributed by atoms with Crippen molar-refractivity contribution in [2.75, 3.05) is 13.2 Å². The maximum Gasteiger partial charge on any atom is 0.251 e. The number of carbonyl (C=O) groups is 1. The Morgan fingerprint density at radius 1 is 1.10 bits per heavy atom. The standard InChI is InChI=1S/C26H38BrNO3/c1-5-30-23-12-21(11-22(27)24(23)31-7-6-16(2)3)25(29)28-17(4)26-13-18-8-19(14-26)10-20(9-18)15-26/h11-12,16-20H,5-10,13-15H2,1-4H3,(H,28,29). The lowest BCUT2D eigenvalue weighted by Crippen LogP contribution is -2.55. The fraction of sp³-hybridized carbons (Fsp3) is 0.731. The van der Waals surface area contributed by atoms with E-state index >= 15 is 0 Å². The maximum absolute atomic E-state index is 13.2. The highest BCUT2D eigenvalue weighted by Crippen LogP contribution is 2.61. The highest BCUT2D eigenvalue weighted by molar-refractivity contribution is 9.10. The lowest BCUT2D eigenvalue weighted by molar-refractivity contribution is -0.0688. The molecule has 5 heteroatoms. The predicted molar refractivity (Wildman–Crippen MR) is 128 cm³/mol. The molecule has 0 aromatic heterocycles. The van der Waals surface area contributed by atoms with Gasteiger partial charge in [-0.25, -0.2) is 0 Å². The second-order valence-electron chi connectivity index (χ2n) is 10.7. The van der Waals surface area contributed by atoms with Gasteiger partial charge in [0.05, 0.1) is 17.7 Å². The predicted octanol–water partition coefficient (Wildman–Crippen LogP) is 6.61. The highest BCUT2D eigenvalue weighted by Gasteiger charge is 2.53. The summed E-state index contributed by atoms with van der Waals surface area (Å²) >= 11 is 3.62. The average Bonchev–Trinajstić information content (AvgIpc) is 2.68. The molecule has 4 fully saturated rings. The molecular weight excluding hydrogens is 454 g/mol. The SMILES string of the molecule is CCOc1cc(C(=O)NC(C)C23CC4CC(CC(C4)C2)C3)cc(Br)c1OCCC(C)C. The topological polar surface area (TPSA) is 47.6 Å². The van der Waals surface area contributed by atoms with Gasteiger partial charge in [0.1, 0.15) is 0 Å². The summed E-state index contributed by atoms with van der Waals surface area (Å²) in [7, 11) is 0. The van der Waals surface area contributed by atoms with Gasteiger partial charge < -0.3 is 14.8 Å². The number of nitrogens with one attached hydrogen (secondary N) is 1. The van der Waals surface area contributed by atoms with Gasteiger partial charge in [0.25, 0.3) is 5.91 Å². The molecule has 4 aliphatic carbocycles.